The first-order valence-electron chi connectivity index (χ1n) is 9.65. The molecule has 1 fully saturated rings. The van der Waals surface area contributed by atoms with Crippen molar-refractivity contribution < 1.29 is 23.5 Å². The third-order valence-corrected chi connectivity index (χ3v) is 4.86. The molecule has 6 nitrogen and oxygen atoms in total. The van der Waals surface area contributed by atoms with Crippen molar-refractivity contribution in [3.05, 3.63) is 59.4 Å². The molecule has 0 aliphatic carbocycles. The Morgan fingerprint density at radius 2 is 1.86 bits per heavy atom. The largest absolute Gasteiger partial charge is 0.497 e. The Morgan fingerprint density at radius 1 is 1.14 bits per heavy atom. The van der Waals surface area contributed by atoms with Crippen LogP contribution in [-0.2, 0) is 4.74 Å². The van der Waals surface area contributed by atoms with Crippen LogP contribution in [0.4, 0.5) is 10.1 Å². The van der Waals surface area contributed by atoms with Crippen LogP contribution in [-0.4, -0.2) is 56.5 Å². The molecule has 1 heterocycles. The summed E-state index contributed by atoms with van der Waals surface area (Å²) in [6, 6.07) is 10.4. The van der Waals surface area contributed by atoms with E-state index < -0.39 is 11.7 Å². The Morgan fingerprint density at radius 3 is 2.55 bits per heavy atom. The van der Waals surface area contributed by atoms with Crippen LogP contribution in [0.3, 0.4) is 0 Å². The highest BCUT2D eigenvalue weighted by Crippen LogP contribution is 2.21. The van der Waals surface area contributed by atoms with Gasteiger partial charge in [0.2, 0.25) is 0 Å². The fraction of sp³-hybridized carbons (Fsp3) is 0.364. The third kappa shape index (κ3) is 5.85. The molecule has 7 heteroatoms. The standard InChI is InChI=1S/C22H25FN2O4/c1-28-18-7-4-16(5-8-18)22(27)24-20-15-17(23)6-9-19(20)21(26)3-2-10-25-11-13-29-14-12-25/h4-9,15H,2-3,10-14H2,1H3,(H,24,27). The van der Waals surface area contributed by atoms with Gasteiger partial charge in [0.15, 0.2) is 5.78 Å². The number of carbonyl (C=O) groups is 2. The Balaban J connectivity index is 1.64. The number of nitrogens with one attached hydrogen (secondary N) is 1. The molecule has 0 saturated carbocycles. The number of hydrogen-bond donors (Lipinski definition) is 1. The molecule has 0 atom stereocenters. The zero-order valence-electron chi connectivity index (χ0n) is 16.4. The van der Waals surface area contributed by atoms with E-state index in [-0.39, 0.29) is 11.5 Å². The van der Waals surface area contributed by atoms with Gasteiger partial charge in [0.05, 0.1) is 26.0 Å². The molecular weight excluding hydrogens is 375 g/mol. The van der Waals surface area contributed by atoms with Gasteiger partial charge in [-0.3, -0.25) is 14.5 Å². The first kappa shape index (κ1) is 21.0. The van der Waals surface area contributed by atoms with Gasteiger partial charge in [-0.05, 0) is 55.4 Å². The number of carbonyl (C=O) groups excluding carboxylic acids is 2. The van der Waals surface area contributed by atoms with Crippen LogP contribution < -0.4 is 10.1 Å². The van der Waals surface area contributed by atoms with Crippen LogP contribution in [0.5, 0.6) is 5.75 Å². The number of anilines is 1. The van der Waals surface area contributed by atoms with Crippen LogP contribution in [0.25, 0.3) is 0 Å². The number of rotatable bonds is 8. The number of morpholine rings is 1. The van der Waals surface area contributed by atoms with E-state index in [0.717, 1.165) is 19.6 Å². The molecular formula is C22H25FN2O4. The summed E-state index contributed by atoms with van der Waals surface area (Å²) in [4.78, 5) is 27.5. The number of Topliss-reactive ketones (excluding diaryl/α,β-unsaturated/α-hetero) is 1. The van der Waals surface area contributed by atoms with E-state index in [2.05, 4.69) is 10.2 Å². The molecule has 1 saturated heterocycles. The molecule has 0 aromatic heterocycles. The van der Waals surface area contributed by atoms with Crippen LogP contribution in [0.2, 0.25) is 0 Å². The minimum absolute atomic E-state index is 0.122. The highest BCUT2D eigenvalue weighted by Gasteiger charge is 2.17. The van der Waals surface area contributed by atoms with E-state index in [1.807, 2.05) is 0 Å². The molecule has 1 aliphatic heterocycles. The van der Waals surface area contributed by atoms with Crippen molar-refractivity contribution in [2.24, 2.45) is 0 Å². The third-order valence-electron chi connectivity index (χ3n) is 4.86. The molecule has 0 radical (unpaired) electrons. The van der Waals surface area contributed by atoms with Crippen LogP contribution >= 0.6 is 0 Å². The monoisotopic (exact) mass is 400 g/mol. The first-order valence-corrected chi connectivity index (χ1v) is 9.65. The number of ether oxygens (including phenoxy) is 2. The van der Waals surface area contributed by atoms with Crippen LogP contribution in [0, 0.1) is 5.82 Å². The number of nitrogens with zero attached hydrogens (tertiary/aromatic N) is 1. The second-order valence-corrected chi connectivity index (χ2v) is 6.85. The van der Waals surface area contributed by atoms with E-state index in [4.69, 9.17) is 9.47 Å². The average molecular weight is 400 g/mol. The highest BCUT2D eigenvalue weighted by atomic mass is 19.1. The predicted molar refractivity (Wildman–Crippen MR) is 108 cm³/mol. The Bertz CT molecular complexity index is 848. The van der Waals surface area contributed by atoms with Gasteiger partial charge in [0, 0.05) is 30.6 Å². The lowest BCUT2D eigenvalue weighted by atomic mass is 10.0. The van der Waals surface area contributed by atoms with E-state index in [0.29, 0.717) is 42.9 Å². The van der Waals surface area contributed by atoms with E-state index in [9.17, 15) is 14.0 Å². The number of amides is 1. The van der Waals surface area contributed by atoms with Gasteiger partial charge in [-0.2, -0.15) is 0 Å². The lowest BCUT2D eigenvalue weighted by Crippen LogP contribution is -2.36. The van der Waals surface area contributed by atoms with Crippen molar-refractivity contribution >= 4 is 17.4 Å². The summed E-state index contributed by atoms with van der Waals surface area (Å²) < 4.78 is 24.2. The topological polar surface area (TPSA) is 67.9 Å². The SMILES string of the molecule is COc1ccc(C(=O)Nc2cc(F)ccc2C(=O)CCCN2CCOCC2)cc1. The molecule has 2 aromatic carbocycles. The molecule has 2 aromatic rings. The van der Waals surface area contributed by atoms with E-state index >= 15 is 0 Å². The fourth-order valence-corrected chi connectivity index (χ4v) is 3.22. The summed E-state index contributed by atoms with van der Waals surface area (Å²) in [5.41, 5.74) is 0.887. The number of hydrogen-bond acceptors (Lipinski definition) is 5. The second kappa shape index (κ2) is 10.1. The van der Waals surface area contributed by atoms with Gasteiger partial charge in [0.1, 0.15) is 11.6 Å². The van der Waals surface area contributed by atoms with Crippen molar-refractivity contribution in [2.45, 2.75) is 12.8 Å². The summed E-state index contributed by atoms with van der Waals surface area (Å²) in [7, 11) is 1.54. The number of benzene rings is 2. The molecule has 3 rings (SSSR count). The number of methoxy groups -OCH3 is 1. The zero-order chi connectivity index (χ0) is 20.6. The van der Waals surface area contributed by atoms with Gasteiger partial charge >= 0.3 is 0 Å². The van der Waals surface area contributed by atoms with Crippen molar-refractivity contribution in [1.29, 1.82) is 0 Å². The van der Waals surface area contributed by atoms with Crippen molar-refractivity contribution in [1.82, 2.24) is 4.90 Å². The fourth-order valence-electron chi connectivity index (χ4n) is 3.22. The molecule has 29 heavy (non-hydrogen) atoms. The molecule has 1 aliphatic rings. The molecule has 154 valence electrons. The maximum absolute atomic E-state index is 13.8. The smallest absolute Gasteiger partial charge is 0.255 e. The quantitative estimate of drug-likeness (QED) is 0.688. The minimum Gasteiger partial charge on any atom is -0.497 e. The predicted octanol–water partition coefficient (Wildman–Crippen LogP) is 3.38. The normalized spacial score (nSPS) is 14.4. The summed E-state index contributed by atoms with van der Waals surface area (Å²) in [6.45, 7) is 3.98. The molecule has 1 amide bonds. The van der Waals surface area contributed by atoms with Crippen LogP contribution in [0.1, 0.15) is 33.6 Å². The summed E-state index contributed by atoms with van der Waals surface area (Å²) in [5.74, 6) is -0.424. The molecule has 0 bridgehead atoms. The van der Waals surface area contributed by atoms with E-state index in [1.54, 1.807) is 31.4 Å². The number of halogens is 1. The molecule has 0 spiro atoms. The Labute approximate surface area is 169 Å². The summed E-state index contributed by atoms with van der Waals surface area (Å²) >= 11 is 0. The van der Waals surface area contributed by atoms with Crippen LogP contribution in [0.15, 0.2) is 42.5 Å². The van der Waals surface area contributed by atoms with Gasteiger partial charge in [-0.15, -0.1) is 0 Å². The van der Waals surface area contributed by atoms with Crippen molar-refractivity contribution in [3.8, 4) is 5.75 Å². The molecule has 0 unspecified atom stereocenters. The Kier molecular flexibility index (Phi) is 7.32. The van der Waals surface area contributed by atoms with Crippen molar-refractivity contribution in [2.75, 3.05) is 45.3 Å². The van der Waals surface area contributed by atoms with Gasteiger partial charge in [0.25, 0.3) is 5.91 Å². The highest BCUT2D eigenvalue weighted by molar-refractivity contribution is 6.09. The molecule has 1 N–H and O–H groups in total. The van der Waals surface area contributed by atoms with Gasteiger partial charge in [-0.1, -0.05) is 0 Å². The van der Waals surface area contributed by atoms with Gasteiger partial charge in [-0.25, -0.2) is 4.39 Å². The maximum atomic E-state index is 13.8. The lowest BCUT2D eigenvalue weighted by molar-refractivity contribution is 0.0371. The summed E-state index contributed by atoms with van der Waals surface area (Å²) in [6.07, 6.45) is 1.02. The van der Waals surface area contributed by atoms with Gasteiger partial charge < -0.3 is 14.8 Å². The number of ketones is 1. The maximum Gasteiger partial charge on any atom is 0.255 e. The van der Waals surface area contributed by atoms with Crippen molar-refractivity contribution in [3.63, 3.8) is 0 Å². The van der Waals surface area contributed by atoms with E-state index in [1.165, 1.54) is 18.2 Å². The first-order chi connectivity index (χ1) is 14.1. The minimum atomic E-state index is -0.514. The summed E-state index contributed by atoms with van der Waals surface area (Å²) in [5, 5.41) is 2.66. The average Bonchev–Trinajstić information content (AvgIpc) is 2.74. The Hall–Kier alpha value is -2.77. The lowest BCUT2D eigenvalue weighted by Gasteiger charge is -2.26. The zero-order valence-corrected chi connectivity index (χ0v) is 16.4. The second-order valence-electron chi connectivity index (χ2n) is 6.85.